The third-order valence-electron chi connectivity index (χ3n) is 6.45. The minimum absolute atomic E-state index is 0.0684. The Morgan fingerprint density at radius 2 is 1.92 bits per heavy atom. The van der Waals surface area contributed by atoms with Crippen molar-refractivity contribution in [2.24, 2.45) is 0 Å². The number of benzene rings is 2. The van der Waals surface area contributed by atoms with Gasteiger partial charge in [-0.1, -0.05) is 61.5 Å². The van der Waals surface area contributed by atoms with E-state index in [4.69, 9.17) is 5.10 Å². The van der Waals surface area contributed by atoms with Crippen LogP contribution in [0.5, 0.6) is 0 Å². The van der Waals surface area contributed by atoms with Gasteiger partial charge in [-0.15, -0.1) is 0 Å². The van der Waals surface area contributed by atoms with Gasteiger partial charge in [0.05, 0.1) is 17.5 Å². The SMILES string of the molecule is CCCNc1ncnc2c1c(-c1ccc(CNC(=O)c3ccccc3C)cc1)nn2C1C=CC(O)C1. The minimum atomic E-state index is -0.480. The van der Waals surface area contributed by atoms with Crippen LogP contribution in [0, 0.1) is 6.92 Å². The molecular weight excluding hydrogens is 452 g/mol. The average molecular weight is 483 g/mol. The highest BCUT2D eigenvalue weighted by molar-refractivity contribution is 5.99. The number of carbonyl (C=O) groups excluding carboxylic acids is 1. The second-order valence-corrected chi connectivity index (χ2v) is 9.09. The van der Waals surface area contributed by atoms with Crippen LogP contribution in [-0.2, 0) is 6.54 Å². The first-order chi connectivity index (χ1) is 17.5. The predicted molar refractivity (Wildman–Crippen MR) is 141 cm³/mol. The molecule has 0 spiro atoms. The number of aliphatic hydroxyl groups excluding tert-OH is 1. The van der Waals surface area contributed by atoms with E-state index in [-0.39, 0.29) is 11.9 Å². The number of hydrogen-bond donors (Lipinski definition) is 3. The molecule has 0 saturated heterocycles. The van der Waals surface area contributed by atoms with Gasteiger partial charge in [0.2, 0.25) is 0 Å². The molecule has 36 heavy (non-hydrogen) atoms. The van der Waals surface area contributed by atoms with Crippen molar-refractivity contribution in [2.45, 2.75) is 45.4 Å². The third kappa shape index (κ3) is 4.72. The minimum Gasteiger partial charge on any atom is -0.389 e. The Hall–Kier alpha value is -4.04. The van der Waals surface area contributed by atoms with Gasteiger partial charge in [-0.2, -0.15) is 5.10 Å². The van der Waals surface area contributed by atoms with Crippen LogP contribution in [0.3, 0.4) is 0 Å². The molecule has 0 radical (unpaired) electrons. The van der Waals surface area contributed by atoms with E-state index in [9.17, 15) is 9.90 Å². The van der Waals surface area contributed by atoms with Gasteiger partial charge in [0.25, 0.3) is 5.91 Å². The molecule has 1 aliphatic carbocycles. The lowest BCUT2D eigenvalue weighted by Crippen LogP contribution is -2.23. The summed E-state index contributed by atoms with van der Waals surface area (Å²) in [5.41, 5.74) is 5.08. The molecule has 0 aliphatic heterocycles. The summed E-state index contributed by atoms with van der Waals surface area (Å²) in [5, 5.41) is 22.2. The zero-order chi connectivity index (χ0) is 25.1. The Bertz CT molecular complexity index is 1410. The first-order valence-electron chi connectivity index (χ1n) is 12.3. The van der Waals surface area contributed by atoms with Gasteiger partial charge in [-0.05, 0) is 30.5 Å². The molecule has 5 rings (SSSR count). The maximum Gasteiger partial charge on any atom is 0.251 e. The summed E-state index contributed by atoms with van der Waals surface area (Å²) in [6.07, 6.45) is 6.38. The zero-order valence-electron chi connectivity index (χ0n) is 20.5. The van der Waals surface area contributed by atoms with Gasteiger partial charge in [0.15, 0.2) is 5.65 Å². The number of aryl methyl sites for hydroxylation is 1. The molecule has 0 bridgehead atoms. The van der Waals surface area contributed by atoms with Crippen molar-refractivity contribution in [1.82, 2.24) is 25.1 Å². The second-order valence-electron chi connectivity index (χ2n) is 9.09. The topological polar surface area (TPSA) is 105 Å². The quantitative estimate of drug-likeness (QED) is 0.321. The Labute approximate surface area is 210 Å². The molecule has 2 unspecified atom stereocenters. The van der Waals surface area contributed by atoms with Crippen molar-refractivity contribution in [3.63, 3.8) is 0 Å². The lowest BCUT2D eigenvalue weighted by molar-refractivity contribution is 0.0950. The number of anilines is 1. The number of hydrogen-bond acceptors (Lipinski definition) is 6. The largest absolute Gasteiger partial charge is 0.389 e. The number of nitrogens with zero attached hydrogens (tertiary/aromatic N) is 4. The lowest BCUT2D eigenvalue weighted by atomic mass is 10.1. The van der Waals surface area contributed by atoms with Crippen molar-refractivity contribution in [3.8, 4) is 11.3 Å². The molecule has 2 aromatic heterocycles. The van der Waals surface area contributed by atoms with E-state index < -0.39 is 6.10 Å². The fraction of sp³-hybridized carbons (Fsp3) is 0.286. The first kappa shape index (κ1) is 23.7. The van der Waals surface area contributed by atoms with Crippen molar-refractivity contribution in [2.75, 3.05) is 11.9 Å². The number of amides is 1. The Balaban J connectivity index is 1.43. The Kier molecular flexibility index (Phi) is 6.77. The fourth-order valence-electron chi connectivity index (χ4n) is 4.51. The smallest absolute Gasteiger partial charge is 0.251 e. The molecular formula is C28H30N6O2. The number of nitrogens with one attached hydrogen (secondary N) is 2. The third-order valence-corrected chi connectivity index (χ3v) is 6.45. The van der Waals surface area contributed by atoms with Crippen molar-refractivity contribution in [3.05, 3.63) is 83.7 Å². The number of carbonyl (C=O) groups is 1. The van der Waals surface area contributed by atoms with E-state index in [1.165, 1.54) is 0 Å². The van der Waals surface area contributed by atoms with Gasteiger partial charge >= 0.3 is 0 Å². The molecule has 2 aromatic carbocycles. The van der Waals surface area contributed by atoms with Crippen LogP contribution < -0.4 is 10.6 Å². The molecule has 3 N–H and O–H groups in total. The van der Waals surface area contributed by atoms with Gasteiger partial charge < -0.3 is 15.7 Å². The van der Waals surface area contributed by atoms with Crippen LogP contribution in [0.2, 0.25) is 0 Å². The number of aliphatic hydroxyl groups is 1. The monoisotopic (exact) mass is 482 g/mol. The lowest BCUT2D eigenvalue weighted by Gasteiger charge is -2.10. The van der Waals surface area contributed by atoms with Crippen LogP contribution >= 0.6 is 0 Å². The van der Waals surface area contributed by atoms with E-state index in [0.717, 1.165) is 52.2 Å². The zero-order valence-corrected chi connectivity index (χ0v) is 20.5. The molecule has 0 fully saturated rings. The summed E-state index contributed by atoms with van der Waals surface area (Å²) in [6, 6.07) is 15.5. The number of allylic oxidation sites excluding steroid dienone is 1. The molecule has 2 atom stereocenters. The maximum atomic E-state index is 12.6. The molecule has 4 aromatic rings. The molecule has 184 valence electrons. The number of aromatic nitrogens is 4. The van der Waals surface area contributed by atoms with Crippen LogP contribution in [0.15, 0.2) is 67.0 Å². The standard InChI is InChI=1S/C28H30N6O2/c1-3-14-29-26-24-25(33-34(27(24)32-17-31-26)21-12-13-22(35)15-21)20-10-8-19(9-11-20)16-30-28(36)23-7-5-4-6-18(23)2/h4-13,17,21-22,35H,3,14-16H2,1-2H3,(H,30,36)(H,29,31,32). The van der Waals surface area contributed by atoms with Crippen molar-refractivity contribution in [1.29, 1.82) is 0 Å². The number of fused-ring (bicyclic) bond motifs is 1. The molecule has 1 aliphatic rings. The van der Waals surface area contributed by atoms with Gasteiger partial charge in [0, 0.05) is 30.6 Å². The van der Waals surface area contributed by atoms with Crippen molar-refractivity contribution < 1.29 is 9.90 Å². The summed E-state index contributed by atoms with van der Waals surface area (Å²) in [7, 11) is 0. The van der Waals surface area contributed by atoms with Crippen LogP contribution in [-0.4, -0.2) is 43.4 Å². The van der Waals surface area contributed by atoms with Gasteiger partial charge in [-0.3, -0.25) is 4.79 Å². The van der Waals surface area contributed by atoms with Crippen LogP contribution in [0.25, 0.3) is 22.3 Å². The van der Waals surface area contributed by atoms with E-state index in [0.29, 0.717) is 18.5 Å². The van der Waals surface area contributed by atoms with Crippen molar-refractivity contribution >= 4 is 22.8 Å². The fourth-order valence-corrected chi connectivity index (χ4v) is 4.51. The Morgan fingerprint density at radius 3 is 2.64 bits per heavy atom. The van der Waals surface area contributed by atoms with E-state index in [1.807, 2.05) is 66.2 Å². The molecule has 1 amide bonds. The summed E-state index contributed by atoms with van der Waals surface area (Å²) in [6.45, 7) is 5.26. The van der Waals surface area contributed by atoms with Gasteiger partial charge in [-0.25, -0.2) is 14.6 Å². The Morgan fingerprint density at radius 1 is 1.11 bits per heavy atom. The summed E-state index contributed by atoms with van der Waals surface area (Å²) >= 11 is 0. The van der Waals surface area contributed by atoms with E-state index in [1.54, 1.807) is 12.4 Å². The van der Waals surface area contributed by atoms with Crippen LogP contribution in [0.1, 0.15) is 47.3 Å². The second kappa shape index (κ2) is 10.3. The normalized spacial score (nSPS) is 17.0. The molecule has 0 saturated carbocycles. The molecule has 2 heterocycles. The summed E-state index contributed by atoms with van der Waals surface area (Å²) in [5.74, 6) is 0.665. The van der Waals surface area contributed by atoms with E-state index in [2.05, 4.69) is 27.5 Å². The highest BCUT2D eigenvalue weighted by atomic mass is 16.3. The molecule has 8 nitrogen and oxygen atoms in total. The number of rotatable bonds is 8. The van der Waals surface area contributed by atoms with Crippen LogP contribution in [0.4, 0.5) is 5.82 Å². The molecule has 8 heteroatoms. The first-order valence-corrected chi connectivity index (χ1v) is 12.3. The predicted octanol–water partition coefficient (Wildman–Crippen LogP) is 4.42. The summed E-state index contributed by atoms with van der Waals surface area (Å²) in [4.78, 5) is 21.6. The van der Waals surface area contributed by atoms with E-state index >= 15 is 0 Å². The summed E-state index contributed by atoms with van der Waals surface area (Å²) < 4.78 is 1.88. The van der Waals surface area contributed by atoms with Gasteiger partial charge in [0.1, 0.15) is 17.8 Å². The average Bonchev–Trinajstić information content (AvgIpc) is 3.50. The highest BCUT2D eigenvalue weighted by Gasteiger charge is 2.25. The maximum absolute atomic E-state index is 12.6. The highest BCUT2D eigenvalue weighted by Crippen LogP contribution is 2.35.